The van der Waals surface area contributed by atoms with Gasteiger partial charge in [0.2, 0.25) is 0 Å². The molecule has 0 atom stereocenters. The Hall–Kier alpha value is -1.07. The van der Waals surface area contributed by atoms with E-state index in [1.807, 2.05) is 0 Å². The van der Waals surface area contributed by atoms with Gasteiger partial charge in [0.1, 0.15) is 0 Å². The Labute approximate surface area is 145 Å². The van der Waals surface area contributed by atoms with Gasteiger partial charge in [-0.15, -0.1) is 0 Å². The highest BCUT2D eigenvalue weighted by Crippen LogP contribution is 2.35. The first-order chi connectivity index (χ1) is 11.2. The number of anilines is 1. The van der Waals surface area contributed by atoms with E-state index in [9.17, 15) is 5.11 Å². The molecule has 1 aliphatic heterocycles. The van der Waals surface area contributed by atoms with Crippen LogP contribution in [-0.4, -0.2) is 34.6 Å². The minimum atomic E-state index is 0.333. The Morgan fingerprint density at radius 2 is 1.87 bits per heavy atom. The van der Waals surface area contributed by atoms with Crippen molar-refractivity contribution in [3.8, 4) is 0 Å². The van der Waals surface area contributed by atoms with Crippen molar-refractivity contribution in [3.05, 3.63) is 22.8 Å². The monoisotopic (exact) mass is 377 g/mol. The normalized spacial score (nSPS) is 25.4. The van der Waals surface area contributed by atoms with Crippen molar-refractivity contribution >= 4 is 32.5 Å². The molecule has 2 aliphatic rings. The van der Waals surface area contributed by atoms with Crippen LogP contribution in [0, 0.1) is 5.92 Å². The van der Waals surface area contributed by atoms with Crippen LogP contribution >= 0.6 is 15.9 Å². The van der Waals surface area contributed by atoms with E-state index in [1.165, 1.54) is 28.4 Å². The van der Waals surface area contributed by atoms with Crippen molar-refractivity contribution in [1.82, 2.24) is 9.78 Å². The number of halogens is 1. The molecule has 0 amide bonds. The maximum atomic E-state index is 9.29. The van der Waals surface area contributed by atoms with Crippen molar-refractivity contribution in [3.63, 3.8) is 0 Å². The van der Waals surface area contributed by atoms with Gasteiger partial charge in [-0.2, -0.15) is 5.10 Å². The maximum absolute atomic E-state index is 9.29. The zero-order chi connectivity index (χ0) is 15.8. The first-order valence-corrected chi connectivity index (χ1v) is 9.58. The van der Waals surface area contributed by atoms with E-state index in [-0.39, 0.29) is 0 Å². The summed E-state index contributed by atoms with van der Waals surface area (Å²) in [7, 11) is 0. The summed E-state index contributed by atoms with van der Waals surface area (Å²) in [5, 5.41) is 15.4. The van der Waals surface area contributed by atoms with E-state index in [4.69, 9.17) is 5.10 Å². The summed E-state index contributed by atoms with van der Waals surface area (Å²) in [5.41, 5.74) is 2.38. The molecule has 124 valence electrons. The summed E-state index contributed by atoms with van der Waals surface area (Å²) in [6, 6.07) is 4.94. The number of benzene rings is 1. The molecule has 2 fully saturated rings. The number of rotatable bonds is 3. The van der Waals surface area contributed by atoms with Crippen LogP contribution in [0.3, 0.4) is 0 Å². The lowest BCUT2D eigenvalue weighted by molar-refractivity contribution is 0.165. The third-order valence-corrected chi connectivity index (χ3v) is 6.12. The lowest BCUT2D eigenvalue weighted by atomic mass is 9.87. The number of aliphatic hydroxyl groups is 1. The summed E-state index contributed by atoms with van der Waals surface area (Å²) in [6.07, 6.45) is 9.23. The molecular formula is C18H24BrN3O. The SMILES string of the molecule is OC[C@H]1CC[C@H](n2cc3cc(Br)c(N4CCCC4)cc3n2)CC1. The molecule has 0 unspecified atom stereocenters. The van der Waals surface area contributed by atoms with E-state index in [2.05, 4.69) is 43.8 Å². The van der Waals surface area contributed by atoms with Crippen LogP contribution < -0.4 is 4.90 Å². The van der Waals surface area contributed by atoms with Gasteiger partial charge >= 0.3 is 0 Å². The second-order valence-corrected chi connectivity index (χ2v) is 7.88. The van der Waals surface area contributed by atoms with Crippen molar-refractivity contribution in [2.75, 3.05) is 24.6 Å². The minimum Gasteiger partial charge on any atom is -0.396 e. The number of hydrogen-bond acceptors (Lipinski definition) is 3. The second-order valence-electron chi connectivity index (χ2n) is 7.02. The topological polar surface area (TPSA) is 41.3 Å². The van der Waals surface area contributed by atoms with E-state index in [0.29, 0.717) is 18.6 Å². The van der Waals surface area contributed by atoms with E-state index in [0.717, 1.165) is 44.3 Å². The van der Waals surface area contributed by atoms with Crippen LogP contribution in [0.15, 0.2) is 22.8 Å². The first kappa shape index (κ1) is 15.5. The first-order valence-electron chi connectivity index (χ1n) is 8.79. The summed E-state index contributed by atoms with van der Waals surface area (Å²) in [5.74, 6) is 0.493. The third-order valence-electron chi connectivity index (χ3n) is 5.49. The van der Waals surface area contributed by atoms with Gasteiger partial charge in [-0.1, -0.05) is 0 Å². The molecule has 0 radical (unpaired) electrons. The Balaban J connectivity index is 1.60. The van der Waals surface area contributed by atoms with E-state index < -0.39 is 0 Å². The highest BCUT2D eigenvalue weighted by molar-refractivity contribution is 9.10. The maximum Gasteiger partial charge on any atom is 0.0944 e. The zero-order valence-electron chi connectivity index (χ0n) is 13.4. The summed E-state index contributed by atoms with van der Waals surface area (Å²) in [4.78, 5) is 2.45. The summed E-state index contributed by atoms with van der Waals surface area (Å²) < 4.78 is 3.34. The highest BCUT2D eigenvalue weighted by Gasteiger charge is 2.23. The quantitative estimate of drug-likeness (QED) is 0.874. The third kappa shape index (κ3) is 3.01. The predicted molar refractivity (Wildman–Crippen MR) is 97.0 cm³/mol. The van der Waals surface area contributed by atoms with Crippen molar-refractivity contribution in [2.24, 2.45) is 5.92 Å². The van der Waals surface area contributed by atoms with Gasteiger partial charge in [-0.3, -0.25) is 4.68 Å². The molecule has 1 aromatic carbocycles. The zero-order valence-corrected chi connectivity index (χ0v) is 15.0. The van der Waals surface area contributed by atoms with Gasteiger partial charge in [0.25, 0.3) is 0 Å². The molecule has 0 bridgehead atoms. The van der Waals surface area contributed by atoms with Crippen LogP contribution in [0.1, 0.15) is 44.6 Å². The van der Waals surface area contributed by atoms with Gasteiger partial charge in [0.15, 0.2) is 0 Å². The Kier molecular flexibility index (Phi) is 4.33. The van der Waals surface area contributed by atoms with Crippen molar-refractivity contribution < 1.29 is 5.11 Å². The largest absolute Gasteiger partial charge is 0.396 e. The fourth-order valence-corrected chi connectivity index (χ4v) is 4.64. The molecule has 5 heteroatoms. The smallest absolute Gasteiger partial charge is 0.0944 e. The number of aliphatic hydroxyl groups excluding tert-OH is 1. The summed E-state index contributed by atoms with van der Waals surface area (Å²) >= 11 is 3.74. The van der Waals surface area contributed by atoms with Crippen LogP contribution in [0.2, 0.25) is 0 Å². The fourth-order valence-electron chi connectivity index (χ4n) is 4.03. The van der Waals surface area contributed by atoms with E-state index in [1.54, 1.807) is 0 Å². The molecule has 1 saturated heterocycles. The minimum absolute atomic E-state index is 0.333. The van der Waals surface area contributed by atoms with Gasteiger partial charge in [-0.25, -0.2) is 0 Å². The average Bonchev–Trinajstić information content (AvgIpc) is 3.23. The molecule has 23 heavy (non-hydrogen) atoms. The van der Waals surface area contributed by atoms with Crippen molar-refractivity contribution in [2.45, 2.75) is 44.6 Å². The molecular weight excluding hydrogens is 354 g/mol. The molecule has 2 heterocycles. The number of fused-ring (bicyclic) bond motifs is 1. The Morgan fingerprint density at radius 1 is 1.13 bits per heavy atom. The number of aromatic nitrogens is 2. The predicted octanol–water partition coefficient (Wildman–Crippen LogP) is 4.12. The number of nitrogens with zero attached hydrogens (tertiary/aromatic N) is 3. The van der Waals surface area contributed by atoms with Crippen LogP contribution in [0.4, 0.5) is 5.69 Å². The van der Waals surface area contributed by atoms with Gasteiger partial charge in [-0.05, 0) is 72.5 Å². The molecule has 2 aromatic rings. The van der Waals surface area contributed by atoms with Gasteiger partial charge in [0, 0.05) is 35.8 Å². The van der Waals surface area contributed by atoms with Gasteiger partial charge in [0.05, 0.1) is 17.2 Å². The second kappa shape index (κ2) is 6.44. The fraction of sp³-hybridized carbons (Fsp3) is 0.611. The molecule has 4 nitrogen and oxygen atoms in total. The Morgan fingerprint density at radius 3 is 2.57 bits per heavy atom. The Bertz CT molecular complexity index is 685. The highest BCUT2D eigenvalue weighted by atomic mass is 79.9. The summed E-state index contributed by atoms with van der Waals surface area (Å²) in [6.45, 7) is 2.63. The van der Waals surface area contributed by atoms with Crippen LogP contribution in [0.25, 0.3) is 10.9 Å². The molecule has 1 aliphatic carbocycles. The molecule has 1 N–H and O–H groups in total. The molecule has 4 rings (SSSR count). The molecule has 1 saturated carbocycles. The standard InChI is InChI=1S/C18H24BrN3O/c19-16-9-14-11-22(15-5-3-13(12-23)4-6-15)20-17(14)10-18(16)21-7-1-2-8-21/h9-11,13,15,23H,1-8,12H2/t13-,15-. The average molecular weight is 378 g/mol. The van der Waals surface area contributed by atoms with Crippen LogP contribution in [-0.2, 0) is 0 Å². The number of hydrogen-bond donors (Lipinski definition) is 1. The van der Waals surface area contributed by atoms with Crippen LogP contribution in [0.5, 0.6) is 0 Å². The van der Waals surface area contributed by atoms with Gasteiger partial charge < -0.3 is 10.0 Å². The lowest BCUT2D eigenvalue weighted by Crippen LogP contribution is -2.20. The molecule has 0 spiro atoms. The lowest BCUT2D eigenvalue weighted by Gasteiger charge is -2.27. The van der Waals surface area contributed by atoms with E-state index >= 15 is 0 Å². The molecule has 1 aromatic heterocycles. The van der Waals surface area contributed by atoms with Crippen molar-refractivity contribution in [1.29, 1.82) is 0 Å².